The van der Waals surface area contributed by atoms with Crippen LogP contribution in [-0.2, 0) is 13.0 Å². The van der Waals surface area contributed by atoms with Crippen LogP contribution in [0.25, 0.3) is 21.3 Å². The smallest absolute Gasteiger partial charge is 0.149 e. The Balaban J connectivity index is 1.76. The molecule has 0 bridgehead atoms. The molecule has 4 rings (SSSR count). The van der Waals surface area contributed by atoms with Crippen LogP contribution >= 0.6 is 11.3 Å². The number of H-pyrrole nitrogens is 1. The van der Waals surface area contributed by atoms with E-state index < -0.39 is 0 Å². The Morgan fingerprint density at radius 2 is 2.00 bits per heavy atom. The van der Waals surface area contributed by atoms with Gasteiger partial charge in [-0.15, -0.1) is 11.3 Å². The number of fused-ring (bicyclic) bond motifs is 1. The summed E-state index contributed by atoms with van der Waals surface area (Å²) in [4.78, 5) is 14.1. The molecule has 1 aliphatic heterocycles. The van der Waals surface area contributed by atoms with Crippen LogP contribution in [0.1, 0.15) is 17.1 Å². The largest absolute Gasteiger partial charge is 0.340 e. The molecular formula is C16H16N4S. The normalized spacial score (nSPS) is 14.1. The number of rotatable bonds is 2. The standard InChI is InChI=1S/C16H16N4S/c1-10-14(15-19-12-7-8-17-9-13(12)20-15)21-16(18-10)11-5-3-2-4-6-11/h2-6,17H,7-9H2,1H3,(H,19,20). The minimum absolute atomic E-state index is 0.881. The van der Waals surface area contributed by atoms with Crippen molar-refractivity contribution in [3.8, 4) is 21.3 Å². The Hall–Kier alpha value is -1.98. The zero-order valence-corrected chi connectivity index (χ0v) is 12.6. The monoisotopic (exact) mass is 296 g/mol. The molecule has 0 fully saturated rings. The van der Waals surface area contributed by atoms with Crippen molar-refractivity contribution in [1.82, 2.24) is 20.3 Å². The molecule has 106 valence electrons. The summed E-state index contributed by atoms with van der Waals surface area (Å²) in [5, 5.41) is 4.42. The molecule has 0 radical (unpaired) electrons. The molecule has 1 aromatic carbocycles. The summed E-state index contributed by atoms with van der Waals surface area (Å²) in [5.41, 5.74) is 4.61. The van der Waals surface area contributed by atoms with Crippen LogP contribution in [0, 0.1) is 6.92 Å². The third kappa shape index (κ3) is 2.28. The van der Waals surface area contributed by atoms with Crippen molar-refractivity contribution in [2.45, 2.75) is 19.9 Å². The highest BCUT2D eigenvalue weighted by molar-refractivity contribution is 7.18. The summed E-state index contributed by atoms with van der Waals surface area (Å²) in [7, 11) is 0. The van der Waals surface area contributed by atoms with E-state index in [2.05, 4.69) is 29.4 Å². The van der Waals surface area contributed by atoms with E-state index in [1.54, 1.807) is 11.3 Å². The third-order valence-electron chi connectivity index (χ3n) is 3.74. The summed E-state index contributed by atoms with van der Waals surface area (Å²) in [6.45, 7) is 3.94. The van der Waals surface area contributed by atoms with Crippen LogP contribution in [0.3, 0.4) is 0 Å². The number of aryl methyl sites for hydroxylation is 1. The SMILES string of the molecule is Cc1nc(-c2ccccc2)sc1-c1nc2c([nH]1)CNCC2. The van der Waals surface area contributed by atoms with Crippen molar-refractivity contribution in [3.63, 3.8) is 0 Å². The molecule has 4 nitrogen and oxygen atoms in total. The highest BCUT2D eigenvalue weighted by atomic mass is 32.1. The molecule has 21 heavy (non-hydrogen) atoms. The van der Waals surface area contributed by atoms with Gasteiger partial charge in [-0.2, -0.15) is 0 Å². The minimum atomic E-state index is 0.881. The van der Waals surface area contributed by atoms with Crippen LogP contribution in [0.5, 0.6) is 0 Å². The maximum atomic E-state index is 4.76. The molecule has 3 heterocycles. The average molecular weight is 296 g/mol. The predicted octanol–water partition coefficient (Wildman–Crippen LogP) is 3.15. The number of nitrogens with one attached hydrogen (secondary N) is 2. The number of aromatic amines is 1. The lowest BCUT2D eigenvalue weighted by Gasteiger charge is -2.09. The Bertz CT molecular complexity index is 749. The molecule has 1 aliphatic rings. The molecule has 0 saturated carbocycles. The summed E-state index contributed by atoms with van der Waals surface area (Å²) < 4.78 is 0. The fourth-order valence-electron chi connectivity index (χ4n) is 2.65. The van der Waals surface area contributed by atoms with Gasteiger partial charge in [0.1, 0.15) is 10.8 Å². The second kappa shape index (κ2) is 5.09. The molecule has 0 amide bonds. The molecular weight excluding hydrogens is 280 g/mol. The van der Waals surface area contributed by atoms with E-state index in [1.165, 1.54) is 11.4 Å². The molecule has 0 atom stereocenters. The van der Waals surface area contributed by atoms with Crippen LogP contribution in [0.4, 0.5) is 0 Å². The molecule has 5 heteroatoms. The number of imidazole rings is 1. The molecule has 0 saturated heterocycles. The highest BCUT2D eigenvalue weighted by Crippen LogP contribution is 2.34. The average Bonchev–Trinajstić information content (AvgIpc) is 3.11. The van der Waals surface area contributed by atoms with E-state index >= 15 is 0 Å². The maximum absolute atomic E-state index is 4.76. The number of aromatic nitrogens is 3. The fraction of sp³-hybridized carbons (Fsp3) is 0.250. The Labute approximate surface area is 127 Å². The quantitative estimate of drug-likeness (QED) is 0.764. The van der Waals surface area contributed by atoms with Crippen molar-refractivity contribution >= 4 is 11.3 Å². The number of thiazole rings is 1. The predicted molar refractivity (Wildman–Crippen MR) is 85.3 cm³/mol. The third-order valence-corrected chi connectivity index (χ3v) is 4.95. The first-order valence-corrected chi connectivity index (χ1v) is 7.94. The minimum Gasteiger partial charge on any atom is -0.340 e. The van der Waals surface area contributed by atoms with Crippen molar-refractivity contribution in [2.75, 3.05) is 6.54 Å². The van der Waals surface area contributed by atoms with Gasteiger partial charge in [0.05, 0.1) is 22.0 Å². The van der Waals surface area contributed by atoms with Crippen LogP contribution < -0.4 is 5.32 Å². The molecule has 0 spiro atoms. The van der Waals surface area contributed by atoms with E-state index in [-0.39, 0.29) is 0 Å². The van der Waals surface area contributed by atoms with Gasteiger partial charge in [0, 0.05) is 25.1 Å². The summed E-state index contributed by atoms with van der Waals surface area (Å²) >= 11 is 1.70. The Kier molecular flexibility index (Phi) is 3.09. The van der Waals surface area contributed by atoms with E-state index in [4.69, 9.17) is 9.97 Å². The summed E-state index contributed by atoms with van der Waals surface area (Å²) in [5.74, 6) is 0.959. The molecule has 0 aliphatic carbocycles. The van der Waals surface area contributed by atoms with Gasteiger partial charge in [0.15, 0.2) is 0 Å². The van der Waals surface area contributed by atoms with Gasteiger partial charge in [0.2, 0.25) is 0 Å². The number of benzene rings is 1. The van der Waals surface area contributed by atoms with Gasteiger partial charge in [-0.05, 0) is 6.92 Å². The Morgan fingerprint density at radius 1 is 1.14 bits per heavy atom. The van der Waals surface area contributed by atoms with E-state index in [0.717, 1.165) is 46.5 Å². The van der Waals surface area contributed by atoms with Gasteiger partial charge in [-0.25, -0.2) is 9.97 Å². The van der Waals surface area contributed by atoms with E-state index in [1.807, 2.05) is 18.2 Å². The first-order valence-electron chi connectivity index (χ1n) is 7.13. The van der Waals surface area contributed by atoms with Gasteiger partial charge in [0.25, 0.3) is 0 Å². The Morgan fingerprint density at radius 3 is 2.81 bits per heavy atom. The van der Waals surface area contributed by atoms with E-state index in [9.17, 15) is 0 Å². The van der Waals surface area contributed by atoms with Gasteiger partial charge in [-0.1, -0.05) is 30.3 Å². The lowest BCUT2D eigenvalue weighted by atomic mass is 10.2. The number of hydrogen-bond donors (Lipinski definition) is 2. The van der Waals surface area contributed by atoms with Crippen molar-refractivity contribution in [3.05, 3.63) is 47.4 Å². The van der Waals surface area contributed by atoms with Gasteiger partial charge < -0.3 is 10.3 Å². The van der Waals surface area contributed by atoms with Crippen molar-refractivity contribution < 1.29 is 0 Å². The van der Waals surface area contributed by atoms with Crippen LogP contribution in [-0.4, -0.2) is 21.5 Å². The van der Waals surface area contributed by atoms with Crippen LogP contribution in [0.15, 0.2) is 30.3 Å². The van der Waals surface area contributed by atoms with E-state index in [0.29, 0.717) is 0 Å². The van der Waals surface area contributed by atoms with Crippen LogP contribution in [0.2, 0.25) is 0 Å². The summed E-state index contributed by atoms with van der Waals surface area (Å²) in [6, 6.07) is 10.3. The van der Waals surface area contributed by atoms with Gasteiger partial charge >= 0.3 is 0 Å². The molecule has 2 N–H and O–H groups in total. The highest BCUT2D eigenvalue weighted by Gasteiger charge is 2.18. The lowest BCUT2D eigenvalue weighted by molar-refractivity contribution is 0.627. The first kappa shape index (κ1) is 12.7. The summed E-state index contributed by atoms with van der Waals surface area (Å²) in [6.07, 6.45) is 0.995. The maximum Gasteiger partial charge on any atom is 0.149 e. The second-order valence-corrected chi connectivity index (χ2v) is 6.24. The fourth-order valence-corrected chi connectivity index (χ4v) is 3.66. The molecule has 3 aromatic rings. The van der Waals surface area contributed by atoms with Crippen molar-refractivity contribution in [2.24, 2.45) is 0 Å². The van der Waals surface area contributed by atoms with Crippen molar-refractivity contribution in [1.29, 1.82) is 0 Å². The first-order chi connectivity index (χ1) is 10.3. The zero-order chi connectivity index (χ0) is 14.2. The molecule has 2 aromatic heterocycles. The zero-order valence-electron chi connectivity index (χ0n) is 11.8. The number of hydrogen-bond acceptors (Lipinski definition) is 4. The second-order valence-electron chi connectivity index (χ2n) is 5.24. The topological polar surface area (TPSA) is 53.6 Å². The lowest BCUT2D eigenvalue weighted by Crippen LogP contribution is -2.23. The van der Waals surface area contributed by atoms with Gasteiger partial charge in [-0.3, -0.25) is 0 Å². The number of nitrogens with zero attached hydrogens (tertiary/aromatic N) is 2. The molecule has 0 unspecified atom stereocenters.